The molecule has 4 atom stereocenters. The first-order chi connectivity index (χ1) is 10.6. The highest BCUT2D eigenvalue weighted by Gasteiger charge is 2.61. The van der Waals surface area contributed by atoms with Crippen LogP contribution in [0.1, 0.15) is 10.4 Å². The number of carbonyl (C=O) groups excluding carboxylic acids is 3. The second-order valence-electron chi connectivity index (χ2n) is 5.56. The molecule has 6 heteroatoms. The Kier molecular flexibility index (Phi) is 2.71. The Bertz CT molecular complexity index is 695. The Labute approximate surface area is 126 Å². The van der Waals surface area contributed by atoms with E-state index in [1.807, 2.05) is 12.2 Å². The molecule has 1 aromatic rings. The molecule has 2 saturated heterocycles. The van der Waals surface area contributed by atoms with Gasteiger partial charge in [-0.25, -0.2) is 9.69 Å². The van der Waals surface area contributed by atoms with Crippen LogP contribution in [0.25, 0.3) is 0 Å². The lowest BCUT2D eigenvalue weighted by molar-refractivity contribution is -0.124. The predicted octanol–water partition coefficient (Wildman–Crippen LogP) is 0.916. The van der Waals surface area contributed by atoms with E-state index in [2.05, 4.69) is 4.74 Å². The number of carbonyl (C=O) groups is 3. The third-order valence-electron chi connectivity index (χ3n) is 4.44. The molecule has 0 radical (unpaired) electrons. The number of amides is 2. The molecule has 0 aliphatic carbocycles. The Balaban J connectivity index is 1.71. The average Bonchev–Trinajstić information content (AvgIpc) is 3.21. The van der Waals surface area contributed by atoms with Crippen LogP contribution in [0.4, 0.5) is 5.69 Å². The molecule has 1 aromatic carbocycles. The first kappa shape index (κ1) is 13.2. The summed E-state index contributed by atoms with van der Waals surface area (Å²) in [5.74, 6) is -1.96. The van der Waals surface area contributed by atoms with Gasteiger partial charge in [0, 0.05) is 0 Å². The Hall–Kier alpha value is -2.47. The number of rotatable bonds is 2. The summed E-state index contributed by atoms with van der Waals surface area (Å²) >= 11 is 0. The van der Waals surface area contributed by atoms with Gasteiger partial charge in [-0.3, -0.25) is 9.59 Å². The van der Waals surface area contributed by atoms with E-state index in [1.54, 1.807) is 18.2 Å². The second-order valence-corrected chi connectivity index (χ2v) is 5.56. The summed E-state index contributed by atoms with van der Waals surface area (Å²) in [6.45, 7) is 0. The van der Waals surface area contributed by atoms with Crippen molar-refractivity contribution in [3.05, 3.63) is 42.0 Å². The summed E-state index contributed by atoms with van der Waals surface area (Å²) in [6.07, 6.45) is 3.04. The molecule has 22 heavy (non-hydrogen) atoms. The van der Waals surface area contributed by atoms with Crippen LogP contribution in [0.2, 0.25) is 0 Å². The summed E-state index contributed by atoms with van der Waals surface area (Å²) in [5, 5.41) is 0. The van der Waals surface area contributed by atoms with E-state index in [4.69, 9.17) is 4.74 Å². The van der Waals surface area contributed by atoms with E-state index >= 15 is 0 Å². The molecule has 0 unspecified atom stereocenters. The highest BCUT2D eigenvalue weighted by atomic mass is 16.5. The molecule has 0 N–H and O–H groups in total. The van der Waals surface area contributed by atoms with Gasteiger partial charge in [0.15, 0.2) is 0 Å². The maximum Gasteiger partial charge on any atom is 0.337 e. The predicted molar refractivity (Wildman–Crippen MR) is 75.1 cm³/mol. The van der Waals surface area contributed by atoms with Crippen molar-refractivity contribution in [2.75, 3.05) is 12.0 Å². The van der Waals surface area contributed by atoms with Gasteiger partial charge in [-0.1, -0.05) is 18.2 Å². The van der Waals surface area contributed by atoms with Gasteiger partial charge in [0.1, 0.15) is 0 Å². The zero-order valence-corrected chi connectivity index (χ0v) is 11.8. The Morgan fingerprint density at radius 2 is 1.77 bits per heavy atom. The van der Waals surface area contributed by atoms with Gasteiger partial charge in [0.05, 0.1) is 42.4 Å². The first-order valence-electron chi connectivity index (χ1n) is 7.02. The lowest BCUT2D eigenvalue weighted by Gasteiger charge is -2.18. The van der Waals surface area contributed by atoms with Crippen molar-refractivity contribution in [3.8, 4) is 0 Å². The minimum Gasteiger partial charge on any atom is -0.465 e. The van der Waals surface area contributed by atoms with Gasteiger partial charge < -0.3 is 9.47 Å². The molecule has 3 aliphatic rings. The van der Waals surface area contributed by atoms with E-state index < -0.39 is 17.8 Å². The maximum absolute atomic E-state index is 12.6. The zero-order chi connectivity index (χ0) is 15.4. The molecule has 2 bridgehead atoms. The standard InChI is InChI=1S/C16H13NO5/c1-21-16(20)8-3-2-4-9(7-8)17-14(18)12-10-5-6-11(22-10)13(12)15(17)19/h2-7,10-13H,1H3/t10-,11+,12+,13-. The summed E-state index contributed by atoms with van der Waals surface area (Å²) in [5.41, 5.74) is 0.696. The van der Waals surface area contributed by atoms with E-state index in [9.17, 15) is 14.4 Å². The number of esters is 1. The highest BCUT2D eigenvalue weighted by Crippen LogP contribution is 2.46. The number of nitrogens with zero attached hydrogens (tertiary/aromatic N) is 1. The number of imide groups is 1. The van der Waals surface area contributed by atoms with Crippen molar-refractivity contribution < 1.29 is 23.9 Å². The Morgan fingerprint density at radius 3 is 2.36 bits per heavy atom. The number of methoxy groups -OCH3 is 1. The molecule has 6 nitrogen and oxygen atoms in total. The number of ether oxygens (including phenoxy) is 2. The van der Waals surface area contributed by atoms with Crippen LogP contribution in [0.3, 0.4) is 0 Å². The molecule has 2 fully saturated rings. The molecular weight excluding hydrogens is 286 g/mol. The van der Waals surface area contributed by atoms with Crippen molar-refractivity contribution in [2.24, 2.45) is 11.8 Å². The second kappa shape index (κ2) is 4.51. The normalized spacial score (nSPS) is 31.8. The third-order valence-corrected chi connectivity index (χ3v) is 4.44. The number of fused-ring (bicyclic) bond motifs is 5. The summed E-state index contributed by atoms with van der Waals surface area (Å²) in [4.78, 5) is 38.0. The van der Waals surface area contributed by atoms with Crippen molar-refractivity contribution in [3.63, 3.8) is 0 Å². The molecule has 0 spiro atoms. The largest absolute Gasteiger partial charge is 0.465 e. The number of hydrogen-bond donors (Lipinski definition) is 0. The van der Waals surface area contributed by atoms with Gasteiger partial charge in [0.2, 0.25) is 11.8 Å². The highest BCUT2D eigenvalue weighted by molar-refractivity contribution is 6.23. The van der Waals surface area contributed by atoms with Crippen LogP contribution >= 0.6 is 0 Å². The monoisotopic (exact) mass is 299 g/mol. The summed E-state index contributed by atoms with van der Waals surface area (Å²) in [6, 6.07) is 6.34. The van der Waals surface area contributed by atoms with Crippen molar-refractivity contribution in [1.82, 2.24) is 0 Å². The third kappa shape index (κ3) is 1.61. The quantitative estimate of drug-likeness (QED) is 0.461. The van der Waals surface area contributed by atoms with Crippen molar-refractivity contribution >= 4 is 23.5 Å². The molecule has 2 amide bonds. The van der Waals surface area contributed by atoms with E-state index in [0.29, 0.717) is 11.3 Å². The van der Waals surface area contributed by atoms with E-state index in [1.165, 1.54) is 13.2 Å². The molecular formula is C16H13NO5. The fourth-order valence-corrected chi connectivity index (χ4v) is 3.45. The lowest BCUT2D eigenvalue weighted by Crippen LogP contribution is -2.34. The van der Waals surface area contributed by atoms with Gasteiger partial charge in [-0.2, -0.15) is 0 Å². The van der Waals surface area contributed by atoms with Gasteiger partial charge in [-0.15, -0.1) is 0 Å². The van der Waals surface area contributed by atoms with Crippen LogP contribution in [0.5, 0.6) is 0 Å². The van der Waals surface area contributed by atoms with E-state index in [0.717, 1.165) is 4.90 Å². The van der Waals surface area contributed by atoms with Gasteiger partial charge in [-0.05, 0) is 18.2 Å². The molecule has 0 aromatic heterocycles. The van der Waals surface area contributed by atoms with Crippen LogP contribution in [-0.2, 0) is 19.1 Å². The van der Waals surface area contributed by atoms with Crippen LogP contribution in [0, 0.1) is 11.8 Å². The molecule has 3 heterocycles. The molecule has 112 valence electrons. The van der Waals surface area contributed by atoms with Crippen molar-refractivity contribution in [1.29, 1.82) is 0 Å². The minimum absolute atomic E-state index is 0.270. The number of benzene rings is 1. The first-order valence-corrected chi connectivity index (χ1v) is 7.02. The SMILES string of the molecule is COC(=O)c1cccc(N2C(=O)[C@@H]3[C@H](C2=O)[C@@H]2C=C[C@H]3O2)c1. The lowest BCUT2D eigenvalue weighted by atomic mass is 9.85. The number of hydrogen-bond acceptors (Lipinski definition) is 5. The molecule has 4 rings (SSSR count). The average molecular weight is 299 g/mol. The molecule has 0 saturated carbocycles. The van der Waals surface area contributed by atoms with Crippen LogP contribution in [-0.4, -0.2) is 37.1 Å². The van der Waals surface area contributed by atoms with Crippen LogP contribution < -0.4 is 4.90 Å². The fraction of sp³-hybridized carbons (Fsp3) is 0.312. The maximum atomic E-state index is 12.6. The van der Waals surface area contributed by atoms with Gasteiger partial charge >= 0.3 is 5.97 Å². The minimum atomic E-state index is -0.508. The summed E-state index contributed by atoms with van der Waals surface area (Å²) in [7, 11) is 1.28. The Morgan fingerprint density at radius 1 is 1.14 bits per heavy atom. The number of anilines is 1. The summed E-state index contributed by atoms with van der Waals surface area (Å²) < 4.78 is 10.3. The molecule has 3 aliphatic heterocycles. The van der Waals surface area contributed by atoms with Crippen LogP contribution in [0.15, 0.2) is 36.4 Å². The topological polar surface area (TPSA) is 72.9 Å². The van der Waals surface area contributed by atoms with Crippen molar-refractivity contribution in [2.45, 2.75) is 12.2 Å². The van der Waals surface area contributed by atoms with E-state index in [-0.39, 0.29) is 24.0 Å². The smallest absolute Gasteiger partial charge is 0.337 e. The zero-order valence-electron chi connectivity index (χ0n) is 11.8. The van der Waals surface area contributed by atoms with Gasteiger partial charge in [0.25, 0.3) is 0 Å². The fourth-order valence-electron chi connectivity index (χ4n) is 3.45.